The summed E-state index contributed by atoms with van der Waals surface area (Å²) in [4.78, 5) is 7.54. The zero-order valence-electron chi connectivity index (χ0n) is 10.2. The quantitative estimate of drug-likeness (QED) is 0.795. The zero-order valence-corrected chi connectivity index (χ0v) is 10.2. The first-order valence-corrected chi connectivity index (χ1v) is 6.28. The van der Waals surface area contributed by atoms with Gasteiger partial charge in [-0.25, -0.2) is 4.98 Å². The molecule has 0 unspecified atom stereocenters. The number of nitrogens with zero attached hydrogens (tertiary/aromatic N) is 1. The average Bonchev–Trinajstić information content (AvgIpc) is 2.76. The first kappa shape index (κ1) is 11.2. The van der Waals surface area contributed by atoms with Crippen LogP contribution in [0.5, 0.6) is 0 Å². The fraction of sp³-hybridized carbons (Fsp3) is 0.500. The summed E-state index contributed by atoms with van der Waals surface area (Å²) in [6.45, 7) is 4.52. The van der Waals surface area contributed by atoms with Crippen molar-refractivity contribution in [1.82, 2.24) is 9.97 Å². The molecule has 2 aromatic heterocycles. The largest absolute Gasteiger partial charge is 0.346 e. The van der Waals surface area contributed by atoms with Gasteiger partial charge in [0.15, 0.2) is 0 Å². The summed E-state index contributed by atoms with van der Waals surface area (Å²) in [5, 5.41) is 1.30. The van der Waals surface area contributed by atoms with E-state index in [0.29, 0.717) is 5.92 Å². The molecule has 0 saturated heterocycles. The van der Waals surface area contributed by atoms with Crippen LogP contribution in [0.2, 0.25) is 0 Å². The highest BCUT2D eigenvalue weighted by molar-refractivity contribution is 5.79. The highest BCUT2D eigenvalue weighted by atomic mass is 14.8. The van der Waals surface area contributed by atoms with Crippen LogP contribution in [0.3, 0.4) is 0 Å². The first-order valence-electron chi connectivity index (χ1n) is 6.28. The molecule has 2 heterocycles. The highest BCUT2D eigenvalue weighted by Gasteiger charge is 2.13. The second kappa shape index (κ2) is 5.15. The van der Waals surface area contributed by atoms with E-state index < -0.39 is 0 Å². The van der Waals surface area contributed by atoms with Crippen molar-refractivity contribution in [3.8, 4) is 0 Å². The maximum atomic E-state index is 4.35. The third-order valence-electron chi connectivity index (χ3n) is 3.21. The number of fused-ring (bicyclic) bond motifs is 1. The van der Waals surface area contributed by atoms with E-state index in [1.54, 1.807) is 0 Å². The van der Waals surface area contributed by atoms with E-state index in [-0.39, 0.29) is 0 Å². The van der Waals surface area contributed by atoms with Gasteiger partial charge in [0.2, 0.25) is 0 Å². The molecule has 0 fully saturated rings. The van der Waals surface area contributed by atoms with E-state index in [4.69, 9.17) is 0 Å². The van der Waals surface area contributed by atoms with Gasteiger partial charge in [0, 0.05) is 17.8 Å². The van der Waals surface area contributed by atoms with Crippen LogP contribution in [0.25, 0.3) is 11.0 Å². The normalized spacial score (nSPS) is 11.4. The van der Waals surface area contributed by atoms with Gasteiger partial charge >= 0.3 is 0 Å². The van der Waals surface area contributed by atoms with Gasteiger partial charge in [-0.15, -0.1) is 0 Å². The lowest BCUT2D eigenvalue weighted by atomic mass is 9.89. The molecule has 0 aliphatic heterocycles. The van der Waals surface area contributed by atoms with Crippen LogP contribution < -0.4 is 0 Å². The van der Waals surface area contributed by atoms with Crippen molar-refractivity contribution in [2.75, 3.05) is 0 Å². The number of nitrogens with one attached hydrogen (secondary N) is 1. The molecule has 0 amide bonds. The highest BCUT2D eigenvalue weighted by Crippen LogP contribution is 2.30. The molecule has 1 N–H and O–H groups in total. The van der Waals surface area contributed by atoms with Crippen LogP contribution in [-0.2, 0) is 0 Å². The molecule has 0 atom stereocenters. The van der Waals surface area contributed by atoms with Crippen molar-refractivity contribution in [3.63, 3.8) is 0 Å². The molecule has 0 saturated carbocycles. The molecule has 0 aliphatic rings. The van der Waals surface area contributed by atoms with Gasteiger partial charge in [0.1, 0.15) is 5.65 Å². The molecule has 2 aromatic rings. The van der Waals surface area contributed by atoms with Crippen LogP contribution in [0.15, 0.2) is 24.5 Å². The summed E-state index contributed by atoms with van der Waals surface area (Å²) in [7, 11) is 0. The third kappa shape index (κ3) is 2.11. The van der Waals surface area contributed by atoms with Crippen molar-refractivity contribution in [3.05, 3.63) is 30.1 Å². The Labute approximate surface area is 97.1 Å². The minimum absolute atomic E-state index is 0.691. The molecule has 0 bridgehead atoms. The number of rotatable bonds is 5. The molecule has 2 heteroatoms. The molecule has 16 heavy (non-hydrogen) atoms. The van der Waals surface area contributed by atoms with Gasteiger partial charge in [-0.3, -0.25) is 0 Å². The molecule has 0 aromatic carbocycles. The molecule has 0 spiro atoms. The number of aromatic nitrogens is 2. The van der Waals surface area contributed by atoms with E-state index in [1.165, 1.54) is 36.6 Å². The summed E-state index contributed by atoms with van der Waals surface area (Å²) >= 11 is 0. The number of H-pyrrole nitrogens is 1. The van der Waals surface area contributed by atoms with Gasteiger partial charge in [-0.1, -0.05) is 26.7 Å². The van der Waals surface area contributed by atoms with Gasteiger partial charge in [0.25, 0.3) is 0 Å². The molecule has 2 rings (SSSR count). The summed E-state index contributed by atoms with van der Waals surface area (Å²) in [5.41, 5.74) is 2.49. The van der Waals surface area contributed by atoms with Crippen molar-refractivity contribution in [2.24, 2.45) is 0 Å². The molecule has 0 radical (unpaired) electrons. The van der Waals surface area contributed by atoms with Gasteiger partial charge < -0.3 is 4.98 Å². The Kier molecular flexibility index (Phi) is 3.60. The topological polar surface area (TPSA) is 28.7 Å². The van der Waals surface area contributed by atoms with Crippen molar-refractivity contribution < 1.29 is 0 Å². The fourth-order valence-corrected chi connectivity index (χ4v) is 2.49. The number of hydrogen-bond donors (Lipinski definition) is 1. The maximum Gasteiger partial charge on any atom is 0.137 e. The van der Waals surface area contributed by atoms with E-state index in [1.807, 2.05) is 12.4 Å². The predicted molar refractivity (Wildman–Crippen MR) is 68.7 cm³/mol. The van der Waals surface area contributed by atoms with E-state index >= 15 is 0 Å². The number of pyridine rings is 1. The average molecular weight is 216 g/mol. The molecule has 86 valence electrons. The lowest BCUT2D eigenvalue weighted by Crippen LogP contribution is -1.99. The first-order chi connectivity index (χ1) is 7.86. The van der Waals surface area contributed by atoms with Crippen LogP contribution >= 0.6 is 0 Å². The van der Waals surface area contributed by atoms with Crippen LogP contribution in [0.1, 0.15) is 51.0 Å². The maximum absolute atomic E-state index is 4.35. The third-order valence-corrected chi connectivity index (χ3v) is 3.21. The summed E-state index contributed by atoms with van der Waals surface area (Å²) in [5.74, 6) is 0.691. The Balaban J connectivity index is 2.38. The minimum atomic E-state index is 0.691. The summed E-state index contributed by atoms with van der Waals surface area (Å²) in [6, 6.07) is 4.34. The SMILES string of the molecule is CCCC(CCC)c1ccnc2[nH]ccc12. The van der Waals surface area contributed by atoms with Crippen molar-refractivity contribution in [1.29, 1.82) is 0 Å². The smallest absolute Gasteiger partial charge is 0.137 e. The Morgan fingerprint density at radius 3 is 2.62 bits per heavy atom. The molecule has 0 aliphatic carbocycles. The van der Waals surface area contributed by atoms with Crippen LogP contribution in [0, 0.1) is 0 Å². The zero-order chi connectivity index (χ0) is 11.4. The fourth-order valence-electron chi connectivity index (χ4n) is 2.49. The second-order valence-corrected chi connectivity index (χ2v) is 4.41. The molecule has 2 nitrogen and oxygen atoms in total. The Morgan fingerprint density at radius 1 is 1.19 bits per heavy atom. The monoisotopic (exact) mass is 216 g/mol. The van der Waals surface area contributed by atoms with Crippen molar-refractivity contribution >= 4 is 11.0 Å². The predicted octanol–water partition coefficient (Wildman–Crippen LogP) is 4.25. The Hall–Kier alpha value is -1.31. The lowest BCUT2D eigenvalue weighted by molar-refractivity contribution is 0.564. The Morgan fingerprint density at radius 2 is 1.94 bits per heavy atom. The molecular formula is C14H20N2. The lowest BCUT2D eigenvalue weighted by Gasteiger charge is -2.16. The minimum Gasteiger partial charge on any atom is -0.346 e. The van der Waals surface area contributed by atoms with E-state index in [2.05, 4.69) is 35.9 Å². The van der Waals surface area contributed by atoms with Gasteiger partial charge in [-0.2, -0.15) is 0 Å². The standard InChI is InChI=1S/C14H20N2/c1-3-5-11(6-4-2)12-7-9-15-14-13(12)8-10-16-14/h7-11H,3-6H2,1-2H3,(H,15,16). The van der Waals surface area contributed by atoms with E-state index in [0.717, 1.165) is 5.65 Å². The van der Waals surface area contributed by atoms with Crippen LogP contribution in [0.4, 0.5) is 0 Å². The molecular weight excluding hydrogens is 196 g/mol. The van der Waals surface area contributed by atoms with Crippen LogP contribution in [-0.4, -0.2) is 9.97 Å². The van der Waals surface area contributed by atoms with Gasteiger partial charge in [0.05, 0.1) is 0 Å². The van der Waals surface area contributed by atoms with E-state index in [9.17, 15) is 0 Å². The van der Waals surface area contributed by atoms with Gasteiger partial charge in [-0.05, 0) is 36.5 Å². The summed E-state index contributed by atoms with van der Waals surface area (Å²) < 4.78 is 0. The number of aromatic amines is 1. The second-order valence-electron chi connectivity index (χ2n) is 4.41. The number of hydrogen-bond acceptors (Lipinski definition) is 1. The summed E-state index contributed by atoms with van der Waals surface area (Å²) in [6.07, 6.45) is 8.96. The van der Waals surface area contributed by atoms with Crippen molar-refractivity contribution in [2.45, 2.75) is 45.4 Å². The Bertz CT molecular complexity index is 439.